The van der Waals surface area contributed by atoms with E-state index in [1.165, 1.54) is 0 Å². The maximum absolute atomic E-state index is 11.8. The maximum Gasteiger partial charge on any atom is 0.325 e. The predicted octanol–water partition coefficient (Wildman–Crippen LogP) is 2.36. The summed E-state index contributed by atoms with van der Waals surface area (Å²) in [7, 11) is 0. The van der Waals surface area contributed by atoms with Gasteiger partial charge >= 0.3 is 5.97 Å². The fourth-order valence-corrected chi connectivity index (χ4v) is 2.40. The molecule has 6 heteroatoms. The van der Waals surface area contributed by atoms with E-state index in [2.05, 4.69) is 15.3 Å². The molecule has 0 bridgehead atoms. The van der Waals surface area contributed by atoms with Gasteiger partial charge < -0.3 is 15.0 Å². The Morgan fingerprint density at radius 3 is 2.60 bits per heavy atom. The molecule has 0 aliphatic rings. The highest BCUT2D eigenvalue weighted by molar-refractivity contribution is 5.82. The van der Waals surface area contributed by atoms with E-state index < -0.39 is 5.97 Å². The molecule has 0 atom stereocenters. The highest BCUT2D eigenvalue weighted by Gasteiger charge is 2.09. The molecule has 1 aromatic heterocycles. The number of aromatic nitrogens is 2. The zero-order valence-electron chi connectivity index (χ0n) is 13.7. The average Bonchev–Trinajstić information content (AvgIpc) is 3.07. The molecule has 0 saturated heterocycles. The molecule has 6 nitrogen and oxygen atoms in total. The van der Waals surface area contributed by atoms with Gasteiger partial charge in [-0.15, -0.1) is 0 Å². The van der Waals surface area contributed by atoms with Gasteiger partial charge in [-0.2, -0.15) is 0 Å². The van der Waals surface area contributed by atoms with Gasteiger partial charge in [0.2, 0.25) is 5.91 Å². The summed E-state index contributed by atoms with van der Waals surface area (Å²) in [6.07, 6.45) is 0.741. The summed E-state index contributed by atoms with van der Waals surface area (Å²) < 4.78 is 5.11. The third kappa shape index (κ3) is 4.91. The number of hydrogen-bond donors (Lipinski definition) is 2. The number of fused-ring (bicyclic) bond motifs is 1. The number of hydrogen-bond acceptors (Lipinski definition) is 4. The highest BCUT2D eigenvalue weighted by atomic mass is 16.5. The average molecular weight is 337 g/mol. The number of nitrogens with one attached hydrogen (secondary N) is 2. The van der Waals surface area contributed by atoms with Gasteiger partial charge in [0.1, 0.15) is 19.0 Å². The number of esters is 1. The largest absolute Gasteiger partial charge is 0.460 e. The molecular formula is C19H19N3O3. The lowest BCUT2D eigenvalue weighted by atomic mass is 10.2. The number of amides is 1. The van der Waals surface area contributed by atoms with Crippen molar-refractivity contribution in [3.05, 3.63) is 66.0 Å². The molecule has 128 valence electrons. The van der Waals surface area contributed by atoms with Crippen molar-refractivity contribution in [3.8, 4) is 0 Å². The molecule has 0 aliphatic carbocycles. The summed E-state index contributed by atoms with van der Waals surface area (Å²) in [5.74, 6) is 0.0843. The van der Waals surface area contributed by atoms with Crippen molar-refractivity contribution in [1.82, 2.24) is 15.3 Å². The second kappa shape index (κ2) is 8.10. The summed E-state index contributed by atoms with van der Waals surface area (Å²) in [6, 6.07) is 17.1. The number of nitrogens with zero attached hydrogens (tertiary/aromatic N) is 1. The van der Waals surface area contributed by atoms with Crippen LogP contribution < -0.4 is 5.32 Å². The summed E-state index contributed by atoms with van der Waals surface area (Å²) in [5.41, 5.74) is 2.73. The van der Waals surface area contributed by atoms with Crippen molar-refractivity contribution in [2.45, 2.75) is 19.4 Å². The monoisotopic (exact) mass is 337 g/mol. The van der Waals surface area contributed by atoms with Crippen molar-refractivity contribution in [1.29, 1.82) is 0 Å². The van der Waals surface area contributed by atoms with Crippen molar-refractivity contribution in [3.63, 3.8) is 0 Å². The number of para-hydroxylation sites is 2. The smallest absolute Gasteiger partial charge is 0.325 e. The Kier molecular flexibility index (Phi) is 5.41. The number of aryl methyl sites for hydroxylation is 1. The Morgan fingerprint density at radius 1 is 1.04 bits per heavy atom. The standard InChI is InChI=1S/C19H19N3O3/c23-18(11-10-17-21-15-8-4-5-9-16(15)22-17)20-12-19(24)25-13-14-6-2-1-3-7-14/h1-9H,10-13H2,(H,20,23)(H,21,22). The number of benzene rings is 2. The van der Waals surface area contributed by atoms with E-state index in [-0.39, 0.29) is 25.5 Å². The van der Waals surface area contributed by atoms with Crippen LogP contribution in [0.5, 0.6) is 0 Å². The predicted molar refractivity (Wildman–Crippen MR) is 93.7 cm³/mol. The van der Waals surface area contributed by atoms with Crippen LogP contribution in [0.4, 0.5) is 0 Å². The first-order valence-corrected chi connectivity index (χ1v) is 8.10. The minimum atomic E-state index is -0.457. The first kappa shape index (κ1) is 16.7. The second-order valence-electron chi connectivity index (χ2n) is 5.62. The zero-order valence-corrected chi connectivity index (χ0v) is 13.7. The lowest BCUT2D eigenvalue weighted by Gasteiger charge is -2.06. The van der Waals surface area contributed by atoms with Gasteiger partial charge in [-0.1, -0.05) is 42.5 Å². The molecular weight excluding hydrogens is 318 g/mol. The normalized spacial score (nSPS) is 10.6. The maximum atomic E-state index is 11.8. The fraction of sp³-hybridized carbons (Fsp3) is 0.211. The third-order valence-corrected chi connectivity index (χ3v) is 3.70. The zero-order chi connectivity index (χ0) is 17.5. The molecule has 0 saturated carbocycles. The van der Waals surface area contributed by atoms with Crippen LogP contribution in [0.1, 0.15) is 17.8 Å². The van der Waals surface area contributed by atoms with Gasteiger partial charge in [0.25, 0.3) is 0 Å². The molecule has 1 heterocycles. The molecule has 0 aliphatic heterocycles. The van der Waals surface area contributed by atoms with Gasteiger partial charge in [0.05, 0.1) is 11.0 Å². The van der Waals surface area contributed by atoms with Crippen LogP contribution in [-0.4, -0.2) is 28.4 Å². The number of carbonyl (C=O) groups is 2. The SMILES string of the molecule is O=C(CCc1nc2ccccc2[nH]1)NCC(=O)OCc1ccccc1. The van der Waals surface area contributed by atoms with Crippen LogP contribution in [0, 0.1) is 0 Å². The van der Waals surface area contributed by atoms with Crippen LogP contribution in [0.2, 0.25) is 0 Å². The number of rotatable bonds is 7. The van der Waals surface area contributed by atoms with E-state index in [9.17, 15) is 9.59 Å². The minimum Gasteiger partial charge on any atom is -0.460 e. The van der Waals surface area contributed by atoms with Crippen LogP contribution >= 0.6 is 0 Å². The number of imidazole rings is 1. The lowest BCUT2D eigenvalue weighted by Crippen LogP contribution is -2.30. The first-order valence-electron chi connectivity index (χ1n) is 8.10. The van der Waals surface area contributed by atoms with E-state index in [0.29, 0.717) is 6.42 Å². The Bertz CT molecular complexity index is 825. The molecule has 25 heavy (non-hydrogen) atoms. The number of H-pyrrole nitrogens is 1. The fourth-order valence-electron chi connectivity index (χ4n) is 2.40. The lowest BCUT2D eigenvalue weighted by molar-refractivity contribution is -0.145. The topological polar surface area (TPSA) is 84.1 Å². The molecule has 3 rings (SSSR count). The van der Waals surface area contributed by atoms with Gasteiger partial charge in [0.15, 0.2) is 0 Å². The first-order chi connectivity index (χ1) is 12.2. The molecule has 2 N–H and O–H groups in total. The van der Waals surface area contributed by atoms with Crippen LogP contribution in [0.3, 0.4) is 0 Å². The summed E-state index contributed by atoms with van der Waals surface area (Å²) in [4.78, 5) is 31.1. The summed E-state index contributed by atoms with van der Waals surface area (Å²) in [5, 5.41) is 2.57. The Balaban J connectivity index is 1.38. The van der Waals surface area contributed by atoms with Crippen molar-refractivity contribution in [2.24, 2.45) is 0 Å². The van der Waals surface area contributed by atoms with Crippen LogP contribution in [0.15, 0.2) is 54.6 Å². The number of aromatic amines is 1. The molecule has 0 unspecified atom stereocenters. The van der Waals surface area contributed by atoms with Gasteiger partial charge in [0, 0.05) is 12.8 Å². The molecule has 0 fully saturated rings. The second-order valence-corrected chi connectivity index (χ2v) is 5.62. The van der Waals surface area contributed by atoms with Crippen molar-refractivity contribution >= 4 is 22.9 Å². The third-order valence-electron chi connectivity index (χ3n) is 3.70. The Labute approximate surface area is 145 Å². The molecule has 3 aromatic rings. The van der Waals surface area contributed by atoms with Gasteiger partial charge in [-0.25, -0.2) is 4.98 Å². The number of ether oxygens (including phenoxy) is 1. The van der Waals surface area contributed by atoms with Crippen LogP contribution in [-0.2, 0) is 27.4 Å². The van der Waals surface area contributed by atoms with E-state index in [1.54, 1.807) is 0 Å². The van der Waals surface area contributed by atoms with Crippen molar-refractivity contribution < 1.29 is 14.3 Å². The molecule has 2 aromatic carbocycles. The van der Waals surface area contributed by atoms with E-state index in [1.807, 2.05) is 54.6 Å². The van der Waals surface area contributed by atoms with Crippen LogP contribution in [0.25, 0.3) is 11.0 Å². The van der Waals surface area contributed by atoms with E-state index >= 15 is 0 Å². The molecule has 0 radical (unpaired) electrons. The minimum absolute atomic E-state index is 0.133. The summed E-state index contributed by atoms with van der Waals surface area (Å²) >= 11 is 0. The molecule has 0 spiro atoms. The van der Waals surface area contributed by atoms with E-state index in [4.69, 9.17) is 4.74 Å². The Morgan fingerprint density at radius 2 is 1.80 bits per heavy atom. The highest BCUT2D eigenvalue weighted by Crippen LogP contribution is 2.11. The van der Waals surface area contributed by atoms with Gasteiger partial charge in [-0.3, -0.25) is 9.59 Å². The summed E-state index contributed by atoms with van der Waals surface area (Å²) in [6.45, 7) is 0.0698. The number of carbonyl (C=O) groups excluding carboxylic acids is 2. The van der Waals surface area contributed by atoms with Crippen molar-refractivity contribution in [2.75, 3.05) is 6.54 Å². The van der Waals surface area contributed by atoms with Gasteiger partial charge in [-0.05, 0) is 17.7 Å². The molecule has 1 amide bonds. The quantitative estimate of drug-likeness (QED) is 0.648. The Hall–Kier alpha value is -3.15. The van der Waals surface area contributed by atoms with E-state index in [0.717, 1.165) is 22.4 Å².